The van der Waals surface area contributed by atoms with Gasteiger partial charge < -0.3 is 0 Å². The molecule has 0 atom stereocenters. The zero-order valence-corrected chi connectivity index (χ0v) is 12.0. The van der Waals surface area contributed by atoms with E-state index in [4.69, 9.17) is 0 Å². The topological polar surface area (TPSA) is 17.8 Å². The molecule has 0 fully saturated rings. The molecule has 7 heteroatoms. The fourth-order valence-corrected chi connectivity index (χ4v) is 2.09. The van der Waals surface area contributed by atoms with E-state index in [2.05, 4.69) is 21.0 Å². The Balaban J connectivity index is 3.48. The Morgan fingerprint density at radius 1 is 1.27 bits per heavy atom. The van der Waals surface area contributed by atoms with Crippen molar-refractivity contribution in [3.05, 3.63) is 13.9 Å². The average Bonchev–Trinajstić information content (AvgIpc) is 2.25. The van der Waals surface area contributed by atoms with Gasteiger partial charge in [0, 0.05) is 0 Å². The average molecular weight is 397 g/mol. The maximum absolute atomic E-state index is 12.8. The Bertz CT molecular complexity index is 378. The van der Waals surface area contributed by atoms with Crippen LogP contribution in [-0.4, -0.2) is 9.78 Å². The molecule has 1 aromatic rings. The third-order valence-electron chi connectivity index (χ3n) is 1.69. The molecule has 0 aromatic carbocycles. The van der Waals surface area contributed by atoms with Crippen LogP contribution in [0, 0.1) is 3.57 Å². The van der Waals surface area contributed by atoms with Gasteiger partial charge in [-0.3, -0.25) is 4.68 Å². The van der Waals surface area contributed by atoms with Crippen molar-refractivity contribution in [1.29, 1.82) is 0 Å². The van der Waals surface area contributed by atoms with Gasteiger partial charge in [-0.2, -0.15) is 18.3 Å². The number of rotatable bonds is 0. The monoisotopic (exact) mass is 396 g/mol. The van der Waals surface area contributed by atoms with Crippen molar-refractivity contribution in [2.75, 3.05) is 0 Å². The molecule has 0 N–H and O–H groups in total. The molecule has 15 heavy (non-hydrogen) atoms. The van der Waals surface area contributed by atoms with Crippen molar-refractivity contribution in [3.63, 3.8) is 0 Å². The van der Waals surface area contributed by atoms with Crippen LogP contribution in [0.1, 0.15) is 26.5 Å². The molecule has 86 valence electrons. The Kier molecular flexibility index (Phi) is 3.45. The second-order valence-corrected chi connectivity index (χ2v) is 5.86. The molecule has 0 bridgehead atoms. The molecular formula is C8H9BrF3IN2. The highest BCUT2D eigenvalue weighted by Gasteiger charge is 2.41. The van der Waals surface area contributed by atoms with Gasteiger partial charge in [0.25, 0.3) is 0 Å². The van der Waals surface area contributed by atoms with Gasteiger partial charge in [-0.25, -0.2) is 0 Å². The number of alkyl halides is 3. The van der Waals surface area contributed by atoms with Crippen molar-refractivity contribution in [3.8, 4) is 0 Å². The maximum atomic E-state index is 12.8. The first-order chi connectivity index (χ1) is 6.55. The Morgan fingerprint density at radius 2 is 1.73 bits per heavy atom. The first kappa shape index (κ1) is 13.3. The van der Waals surface area contributed by atoms with Crippen molar-refractivity contribution in [2.24, 2.45) is 0 Å². The van der Waals surface area contributed by atoms with Crippen LogP contribution in [0.2, 0.25) is 0 Å². The van der Waals surface area contributed by atoms with E-state index in [1.54, 1.807) is 43.4 Å². The highest BCUT2D eigenvalue weighted by Crippen LogP contribution is 2.38. The molecule has 0 saturated carbocycles. The van der Waals surface area contributed by atoms with Crippen LogP contribution in [-0.2, 0) is 11.7 Å². The van der Waals surface area contributed by atoms with Gasteiger partial charge in [-0.05, 0) is 59.3 Å². The van der Waals surface area contributed by atoms with Crippen LogP contribution in [0.4, 0.5) is 13.2 Å². The molecule has 0 spiro atoms. The normalized spacial score (nSPS) is 13.3. The summed E-state index contributed by atoms with van der Waals surface area (Å²) in [5.41, 5.74) is -1.40. The quantitative estimate of drug-likeness (QED) is 0.605. The van der Waals surface area contributed by atoms with E-state index in [1.807, 2.05) is 0 Å². The summed E-state index contributed by atoms with van der Waals surface area (Å²) in [7, 11) is 0. The maximum Gasteiger partial charge on any atom is 0.434 e. The Hall–Kier alpha value is 0.210. The molecule has 0 aliphatic carbocycles. The minimum Gasteiger partial charge on any atom is -0.253 e. The summed E-state index contributed by atoms with van der Waals surface area (Å²) >= 11 is 4.65. The second kappa shape index (κ2) is 3.90. The fourth-order valence-electron chi connectivity index (χ4n) is 1.10. The largest absolute Gasteiger partial charge is 0.434 e. The third kappa shape index (κ3) is 2.66. The lowest BCUT2D eigenvalue weighted by Crippen LogP contribution is -2.29. The van der Waals surface area contributed by atoms with Crippen LogP contribution < -0.4 is 0 Å². The third-order valence-corrected chi connectivity index (χ3v) is 4.01. The lowest BCUT2D eigenvalue weighted by atomic mass is 10.1. The van der Waals surface area contributed by atoms with Gasteiger partial charge in [0.05, 0.1) is 9.11 Å². The molecule has 1 heterocycles. The summed E-state index contributed by atoms with van der Waals surface area (Å²) in [5, 5.41) is 3.85. The molecule has 0 saturated heterocycles. The van der Waals surface area contributed by atoms with Crippen molar-refractivity contribution in [1.82, 2.24) is 9.78 Å². The van der Waals surface area contributed by atoms with Crippen LogP contribution in [0.3, 0.4) is 0 Å². The minimum atomic E-state index is -4.39. The number of halogens is 5. The molecule has 0 amide bonds. The van der Waals surface area contributed by atoms with E-state index in [0.29, 0.717) is 0 Å². The summed E-state index contributed by atoms with van der Waals surface area (Å²) < 4.78 is 39.6. The molecule has 0 aliphatic rings. The molecular weight excluding hydrogens is 388 g/mol. The smallest absolute Gasteiger partial charge is 0.253 e. The van der Waals surface area contributed by atoms with Crippen LogP contribution in [0.25, 0.3) is 0 Å². The molecule has 2 nitrogen and oxygen atoms in total. The Morgan fingerprint density at radius 3 is 2.00 bits per heavy atom. The van der Waals surface area contributed by atoms with E-state index in [-0.39, 0.29) is 8.17 Å². The zero-order valence-electron chi connectivity index (χ0n) is 8.28. The zero-order chi connectivity index (χ0) is 12.0. The van der Waals surface area contributed by atoms with E-state index in [1.165, 1.54) is 0 Å². The summed E-state index contributed by atoms with van der Waals surface area (Å²) in [6.07, 6.45) is -4.39. The van der Waals surface area contributed by atoms with Crippen LogP contribution in [0.15, 0.2) is 4.60 Å². The van der Waals surface area contributed by atoms with Crippen molar-refractivity contribution >= 4 is 38.5 Å². The first-order valence-corrected chi connectivity index (χ1v) is 5.94. The summed E-state index contributed by atoms with van der Waals surface area (Å²) in [6.45, 7) is 5.04. The lowest BCUT2D eigenvalue weighted by molar-refractivity contribution is -0.146. The molecule has 1 aromatic heterocycles. The van der Waals surface area contributed by atoms with Crippen molar-refractivity contribution in [2.45, 2.75) is 32.5 Å². The second-order valence-electron chi connectivity index (χ2n) is 4.03. The SMILES string of the molecule is CC(C)(C)n1nc(Br)c(I)c1C(F)(F)F. The molecule has 0 aliphatic heterocycles. The lowest BCUT2D eigenvalue weighted by Gasteiger charge is -2.23. The van der Waals surface area contributed by atoms with E-state index in [0.717, 1.165) is 4.68 Å². The number of aromatic nitrogens is 2. The minimum absolute atomic E-state index is 0.0926. The number of nitrogens with zero attached hydrogens (tertiary/aromatic N) is 2. The predicted molar refractivity (Wildman–Crippen MR) is 62.6 cm³/mol. The summed E-state index contributed by atoms with van der Waals surface area (Å²) in [5.74, 6) is 0. The summed E-state index contributed by atoms with van der Waals surface area (Å²) in [6, 6.07) is 0. The van der Waals surface area contributed by atoms with Crippen molar-refractivity contribution < 1.29 is 13.2 Å². The Labute approximate surface area is 107 Å². The van der Waals surface area contributed by atoms with E-state index in [9.17, 15) is 13.2 Å². The summed E-state index contributed by atoms with van der Waals surface area (Å²) in [4.78, 5) is 0. The number of hydrogen-bond acceptors (Lipinski definition) is 1. The fraction of sp³-hybridized carbons (Fsp3) is 0.625. The van der Waals surface area contributed by atoms with Gasteiger partial charge in [0.2, 0.25) is 0 Å². The highest BCUT2D eigenvalue weighted by molar-refractivity contribution is 14.1. The van der Waals surface area contributed by atoms with E-state index >= 15 is 0 Å². The molecule has 0 unspecified atom stereocenters. The van der Waals surface area contributed by atoms with Crippen LogP contribution in [0.5, 0.6) is 0 Å². The molecule has 1 rings (SSSR count). The number of hydrogen-bond donors (Lipinski definition) is 0. The van der Waals surface area contributed by atoms with Crippen LogP contribution >= 0.6 is 38.5 Å². The van der Waals surface area contributed by atoms with Gasteiger partial charge in [-0.15, -0.1) is 0 Å². The van der Waals surface area contributed by atoms with E-state index < -0.39 is 17.4 Å². The predicted octanol–water partition coefficient (Wildman–Crippen LogP) is 4.02. The molecule has 0 radical (unpaired) electrons. The van der Waals surface area contributed by atoms with Gasteiger partial charge in [0.1, 0.15) is 4.60 Å². The van der Waals surface area contributed by atoms with Gasteiger partial charge in [0.15, 0.2) is 5.69 Å². The first-order valence-electron chi connectivity index (χ1n) is 4.07. The standard InChI is InChI=1S/C8H9BrF3IN2/c1-7(2,3)15-5(8(10,11)12)4(13)6(9)14-15/h1-3H3. The van der Waals surface area contributed by atoms with Gasteiger partial charge >= 0.3 is 6.18 Å². The van der Waals surface area contributed by atoms with Gasteiger partial charge in [-0.1, -0.05) is 0 Å². The highest BCUT2D eigenvalue weighted by atomic mass is 127.